The molecule has 1 unspecified atom stereocenters. The Bertz CT molecular complexity index is 419. The van der Waals surface area contributed by atoms with Gasteiger partial charge < -0.3 is 15.0 Å². The van der Waals surface area contributed by atoms with Crippen molar-refractivity contribution in [3.05, 3.63) is 23.9 Å². The standard InChI is InChI=1S/C14H21N3O2/c1-3-15-13-5-4-12(8-16-13)14(18)17-7-6-11(9-17)10-19-2/h4-5,8,11H,3,6-7,9-10H2,1-2H3,(H,15,16). The van der Waals surface area contributed by atoms with E-state index in [4.69, 9.17) is 4.74 Å². The molecule has 0 spiro atoms. The molecular formula is C14H21N3O2. The van der Waals surface area contributed by atoms with Crippen LogP contribution in [0.15, 0.2) is 18.3 Å². The van der Waals surface area contributed by atoms with Crippen LogP contribution in [0, 0.1) is 5.92 Å². The van der Waals surface area contributed by atoms with E-state index in [2.05, 4.69) is 10.3 Å². The van der Waals surface area contributed by atoms with Gasteiger partial charge in [-0.05, 0) is 25.5 Å². The van der Waals surface area contributed by atoms with E-state index in [0.29, 0.717) is 11.5 Å². The van der Waals surface area contributed by atoms with Crippen LogP contribution in [0.25, 0.3) is 0 Å². The van der Waals surface area contributed by atoms with Crippen LogP contribution in [0.4, 0.5) is 5.82 Å². The van der Waals surface area contributed by atoms with Crippen molar-refractivity contribution in [2.24, 2.45) is 5.92 Å². The molecule has 0 saturated carbocycles. The first-order valence-electron chi connectivity index (χ1n) is 6.72. The molecule has 104 valence electrons. The fraction of sp³-hybridized carbons (Fsp3) is 0.571. The van der Waals surface area contributed by atoms with Gasteiger partial charge >= 0.3 is 0 Å². The number of hydrogen-bond donors (Lipinski definition) is 1. The minimum Gasteiger partial charge on any atom is -0.384 e. The third-order valence-corrected chi connectivity index (χ3v) is 3.34. The molecule has 0 bridgehead atoms. The normalized spacial score (nSPS) is 18.6. The maximum Gasteiger partial charge on any atom is 0.255 e. The van der Waals surface area contributed by atoms with Gasteiger partial charge in [0.05, 0.1) is 12.2 Å². The number of anilines is 1. The van der Waals surface area contributed by atoms with E-state index in [0.717, 1.165) is 38.5 Å². The molecule has 2 heterocycles. The van der Waals surface area contributed by atoms with Gasteiger partial charge in [0.15, 0.2) is 0 Å². The lowest BCUT2D eigenvalue weighted by Crippen LogP contribution is -2.29. The number of carbonyl (C=O) groups excluding carboxylic acids is 1. The first kappa shape index (κ1) is 13.8. The second-order valence-corrected chi connectivity index (χ2v) is 4.82. The molecule has 1 atom stereocenters. The van der Waals surface area contributed by atoms with Crippen molar-refractivity contribution in [3.63, 3.8) is 0 Å². The highest BCUT2D eigenvalue weighted by atomic mass is 16.5. The Labute approximate surface area is 114 Å². The second-order valence-electron chi connectivity index (χ2n) is 4.82. The number of rotatable bonds is 5. The summed E-state index contributed by atoms with van der Waals surface area (Å²) in [6.45, 7) is 5.15. The Morgan fingerprint density at radius 2 is 2.42 bits per heavy atom. The molecule has 1 N–H and O–H groups in total. The highest BCUT2D eigenvalue weighted by Gasteiger charge is 2.26. The van der Waals surface area contributed by atoms with E-state index in [1.54, 1.807) is 13.3 Å². The molecule has 0 aliphatic carbocycles. The number of hydrogen-bond acceptors (Lipinski definition) is 4. The van der Waals surface area contributed by atoms with Gasteiger partial charge in [-0.2, -0.15) is 0 Å². The molecule has 1 fully saturated rings. The maximum absolute atomic E-state index is 12.3. The van der Waals surface area contributed by atoms with E-state index < -0.39 is 0 Å². The average molecular weight is 263 g/mol. The summed E-state index contributed by atoms with van der Waals surface area (Å²) in [5, 5.41) is 3.11. The zero-order valence-electron chi connectivity index (χ0n) is 11.6. The van der Waals surface area contributed by atoms with Crippen LogP contribution in [0.5, 0.6) is 0 Å². The van der Waals surface area contributed by atoms with Gasteiger partial charge in [0.1, 0.15) is 5.82 Å². The smallest absolute Gasteiger partial charge is 0.255 e. The number of nitrogens with one attached hydrogen (secondary N) is 1. The van der Waals surface area contributed by atoms with Gasteiger partial charge in [-0.3, -0.25) is 4.79 Å². The fourth-order valence-corrected chi connectivity index (χ4v) is 2.38. The van der Waals surface area contributed by atoms with Crippen LogP contribution in [-0.2, 0) is 4.74 Å². The molecule has 5 heteroatoms. The number of aromatic nitrogens is 1. The molecule has 0 radical (unpaired) electrons. The van der Waals surface area contributed by atoms with Crippen molar-refractivity contribution in [3.8, 4) is 0 Å². The third kappa shape index (κ3) is 3.44. The minimum absolute atomic E-state index is 0.0640. The summed E-state index contributed by atoms with van der Waals surface area (Å²) >= 11 is 0. The first-order valence-corrected chi connectivity index (χ1v) is 6.72. The van der Waals surface area contributed by atoms with Gasteiger partial charge in [0.25, 0.3) is 5.91 Å². The highest BCUT2D eigenvalue weighted by Crippen LogP contribution is 2.19. The first-order chi connectivity index (χ1) is 9.24. The predicted octanol–water partition coefficient (Wildman–Crippen LogP) is 1.62. The summed E-state index contributed by atoms with van der Waals surface area (Å²) in [7, 11) is 1.70. The topological polar surface area (TPSA) is 54.5 Å². The lowest BCUT2D eigenvalue weighted by Gasteiger charge is -2.16. The Kier molecular flexibility index (Phi) is 4.74. The van der Waals surface area contributed by atoms with Gasteiger partial charge in [0.2, 0.25) is 0 Å². The zero-order chi connectivity index (χ0) is 13.7. The summed E-state index contributed by atoms with van der Waals surface area (Å²) < 4.78 is 5.14. The molecule has 1 amide bonds. The molecular weight excluding hydrogens is 242 g/mol. The number of methoxy groups -OCH3 is 1. The van der Waals surface area contributed by atoms with E-state index in [1.807, 2.05) is 24.0 Å². The molecule has 1 aromatic rings. The van der Waals surface area contributed by atoms with Crippen LogP contribution in [-0.4, -0.2) is 49.1 Å². The minimum atomic E-state index is 0.0640. The maximum atomic E-state index is 12.3. The van der Waals surface area contributed by atoms with Gasteiger partial charge in [0, 0.05) is 38.9 Å². The van der Waals surface area contributed by atoms with Crippen LogP contribution < -0.4 is 5.32 Å². The number of amides is 1. The average Bonchev–Trinajstić information content (AvgIpc) is 2.88. The molecule has 1 saturated heterocycles. The van der Waals surface area contributed by atoms with Crippen molar-refractivity contribution in [1.82, 2.24) is 9.88 Å². The van der Waals surface area contributed by atoms with Crippen molar-refractivity contribution in [2.45, 2.75) is 13.3 Å². The largest absolute Gasteiger partial charge is 0.384 e. The van der Waals surface area contributed by atoms with E-state index in [1.165, 1.54) is 0 Å². The molecule has 1 aromatic heterocycles. The van der Waals surface area contributed by atoms with E-state index in [9.17, 15) is 4.79 Å². The van der Waals surface area contributed by atoms with Crippen LogP contribution >= 0.6 is 0 Å². The van der Waals surface area contributed by atoms with Crippen molar-refractivity contribution in [2.75, 3.05) is 38.7 Å². The summed E-state index contributed by atoms with van der Waals surface area (Å²) in [5.41, 5.74) is 0.653. The van der Waals surface area contributed by atoms with Gasteiger partial charge in [-0.25, -0.2) is 4.98 Å². The van der Waals surface area contributed by atoms with Crippen LogP contribution in [0.1, 0.15) is 23.7 Å². The van der Waals surface area contributed by atoms with Crippen LogP contribution in [0.3, 0.4) is 0 Å². The third-order valence-electron chi connectivity index (χ3n) is 3.34. The summed E-state index contributed by atoms with van der Waals surface area (Å²) in [6, 6.07) is 3.68. The number of pyridine rings is 1. The second kappa shape index (κ2) is 6.52. The summed E-state index contributed by atoms with van der Waals surface area (Å²) in [6.07, 6.45) is 2.66. The Morgan fingerprint density at radius 3 is 3.05 bits per heavy atom. The molecule has 5 nitrogen and oxygen atoms in total. The van der Waals surface area contributed by atoms with Crippen molar-refractivity contribution >= 4 is 11.7 Å². The van der Waals surface area contributed by atoms with Gasteiger partial charge in [-0.15, -0.1) is 0 Å². The van der Waals surface area contributed by atoms with E-state index in [-0.39, 0.29) is 5.91 Å². The van der Waals surface area contributed by atoms with Gasteiger partial charge in [-0.1, -0.05) is 0 Å². The Balaban J connectivity index is 1.96. The van der Waals surface area contributed by atoms with Crippen molar-refractivity contribution < 1.29 is 9.53 Å². The predicted molar refractivity (Wildman–Crippen MR) is 74.3 cm³/mol. The number of ether oxygens (including phenoxy) is 1. The quantitative estimate of drug-likeness (QED) is 0.877. The zero-order valence-corrected chi connectivity index (χ0v) is 11.6. The SMILES string of the molecule is CCNc1ccc(C(=O)N2CCC(COC)C2)cn1. The Hall–Kier alpha value is -1.62. The molecule has 1 aliphatic heterocycles. The lowest BCUT2D eigenvalue weighted by molar-refractivity contribution is 0.0775. The lowest BCUT2D eigenvalue weighted by atomic mass is 10.1. The molecule has 0 aromatic carbocycles. The van der Waals surface area contributed by atoms with E-state index >= 15 is 0 Å². The Morgan fingerprint density at radius 1 is 1.58 bits per heavy atom. The fourth-order valence-electron chi connectivity index (χ4n) is 2.38. The molecule has 19 heavy (non-hydrogen) atoms. The number of carbonyl (C=O) groups is 1. The molecule has 1 aliphatic rings. The highest BCUT2D eigenvalue weighted by molar-refractivity contribution is 5.94. The number of likely N-dealkylation sites (tertiary alicyclic amines) is 1. The molecule has 2 rings (SSSR count). The number of nitrogens with zero attached hydrogens (tertiary/aromatic N) is 2. The van der Waals surface area contributed by atoms with Crippen molar-refractivity contribution in [1.29, 1.82) is 0 Å². The van der Waals surface area contributed by atoms with Crippen LogP contribution in [0.2, 0.25) is 0 Å². The monoisotopic (exact) mass is 263 g/mol. The summed E-state index contributed by atoms with van der Waals surface area (Å²) in [5.74, 6) is 1.33. The summed E-state index contributed by atoms with van der Waals surface area (Å²) in [4.78, 5) is 18.4.